The van der Waals surface area contributed by atoms with Crippen molar-refractivity contribution in [3.8, 4) is 0 Å². The molecule has 0 amide bonds. The van der Waals surface area contributed by atoms with E-state index in [-0.39, 0.29) is 8.67 Å². The molecule has 1 unspecified atom stereocenters. The van der Waals surface area contributed by atoms with E-state index in [1.54, 1.807) is 0 Å². The fourth-order valence-corrected chi connectivity index (χ4v) is 6.19. The second kappa shape index (κ2) is 10.9. The first kappa shape index (κ1) is 16.1. The normalized spacial score (nSPS) is 13.2. The number of ether oxygens (including phenoxy) is 1. The quantitative estimate of drug-likeness (QED) is 0.369. The summed E-state index contributed by atoms with van der Waals surface area (Å²) in [5.41, 5.74) is 1.26. The molecule has 1 aromatic rings. The number of alkyl halides is 1. The van der Waals surface area contributed by atoms with Gasteiger partial charge in [-0.25, -0.2) is 0 Å². The Morgan fingerprint density at radius 3 is 2.83 bits per heavy atom. The summed E-state index contributed by atoms with van der Waals surface area (Å²) in [4.78, 5) is 0. The minimum absolute atomic E-state index is 0.0265. The Balaban J connectivity index is 1.95. The highest BCUT2D eigenvalue weighted by atomic mass is 35.5. The zero-order valence-electron chi connectivity index (χ0n) is 11.1. The highest BCUT2D eigenvalue weighted by molar-refractivity contribution is 8.22. The van der Waals surface area contributed by atoms with Gasteiger partial charge in [0.2, 0.25) is 0 Å². The Hall–Kier alpha value is 0.0369. The van der Waals surface area contributed by atoms with Crippen LogP contribution in [0, 0.1) is 0 Å². The van der Waals surface area contributed by atoms with Crippen molar-refractivity contribution in [2.75, 3.05) is 12.5 Å². The molecule has 102 valence electrons. The number of halogens is 1. The highest BCUT2D eigenvalue weighted by Gasteiger charge is 2.02. The summed E-state index contributed by atoms with van der Waals surface area (Å²) in [5, 5.41) is 0.778. The molecule has 0 spiro atoms. The first-order chi connectivity index (χ1) is 8.83. The molecule has 0 aliphatic carbocycles. The van der Waals surface area contributed by atoms with Crippen molar-refractivity contribution in [1.82, 2.24) is 0 Å². The lowest BCUT2D eigenvalue weighted by Gasteiger charge is -2.10. The predicted molar refractivity (Wildman–Crippen MR) is 86.5 cm³/mol. The molecule has 0 N–H and O–H groups in total. The van der Waals surface area contributed by atoms with Crippen LogP contribution in [0.4, 0.5) is 0 Å². The monoisotopic (exact) mass is 302 g/mol. The summed E-state index contributed by atoms with van der Waals surface area (Å²) in [6, 6.07) is 11.6. The summed E-state index contributed by atoms with van der Waals surface area (Å²) in [6.07, 6.45) is 2.42. The topological polar surface area (TPSA) is 9.23 Å². The number of rotatable bonds is 10. The van der Waals surface area contributed by atoms with E-state index >= 15 is 0 Å². The van der Waals surface area contributed by atoms with Crippen molar-refractivity contribution in [1.29, 1.82) is 0 Å². The van der Waals surface area contributed by atoms with E-state index in [1.165, 1.54) is 18.0 Å². The molecule has 0 fully saturated rings. The first-order valence-electron chi connectivity index (χ1n) is 6.62. The molecule has 0 aromatic heterocycles. The molecule has 0 aliphatic rings. The summed E-state index contributed by atoms with van der Waals surface area (Å²) < 4.78 is 5.68. The lowest BCUT2D eigenvalue weighted by Crippen LogP contribution is -2.03. The van der Waals surface area contributed by atoms with E-state index < -0.39 is 0 Å². The molecule has 18 heavy (non-hydrogen) atoms. The number of hydrogen-bond acceptors (Lipinski definition) is 2. The lowest BCUT2D eigenvalue weighted by atomic mass is 10.2. The van der Waals surface area contributed by atoms with Crippen molar-refractivity contribution in [2.24, 2.45) is 0 Å². The molecule has 0 saturated carbocycles. The maximum absolute atomic E-state index is 5.69. The van der Waals surface area contributed by atoms with Gasteiger partial charge in [-0.15, -0.1) is 11.6 Å². The first-order valence-corrected chi connectivity index (χ1v) is 10.9. The van der Waals surface area contributed by atoms with Crippen molar-refractivity contribution in [3.63, 3.8) is 0 Å². The van der Waals surface area contributed by atoms with E-state index in [2.05, 4.69) is 42.4 Å². The van der Waals surface area contributed by atoms with Gasteiger partial charge >= 0.3 is 0 Å². The SMILES string of the molecule is CC(CCCOCc1ccccc1)S[SiH2]CCCl. The molecule has 0 aliphatic heterocycles. The molecule has 1 aromatic carbocycles. The van der Waals surface area contributed by atoms with Crippen LogP contribution >= 0.6 is 22.8 Å². The van der Waals surface area contributed by atoms with Gasteiger partial charge in [-0.2, -0.15) is 11.2 Å². The van der Waals surface area contributed by atoms with E-state index in [0.717, 1.165) is 30.8 Å². The molecule has 1 atom stereocenters. The second-order valence-electron chi connectivity index (χ2n) is 4.40. The van der Waals surface area contributed by atoms with Crippen LogP contribution in [-0.4, -0.2) is 26.4 Å². The molecule has 0 bridgehead atoms. The molecular weight excluding hydrogens is 280 g/mol. The average molecular weight is 303 g/mol. The summed E-state index contributed by atoms with van der Waals surface area (Å²) in [6.45, 7) is 3.93. The van der Waals surface area contributed by atoms with Crippen LogP contribution < -0.4 is 0 Å². The Kier molecular flexibility index (Phi) is 9.76. The minimum atomic E-state index is 0.0265. The molecular formula is C14H23ClOSSi. The largest absolute Gasteiger partial charge is 0.377 e. The molecule has 1 rings (SSSR count). The second-order valence-corrected chi connectivity index (χ2v) is 9.26. The maximum atomic E-state index is 5.69. The van der Waals surface area contributed by atoms with Crippen molar-refractivity contribution >= 4 is 31.5 Å². The third-order valence-corrected chi connectivity index (χ3v) is 8.37. The van der Waals surface area contributed by atoms with Crippen molar-refractivity contribution in [2.45, 2.75) is 37.7 Å². The molecule has 4 heteroatoms. The third kappa shape index (κ3) is 8.19. The molecule has 0 heterocycles. The predicted octanol–water partition coefficient (Wildman–Crippen LogP) is 3.85. The molecule has 0 saturated heterocycles. The summed E-state index contributed by atoms with van der Waals surface area (Å²) in [5.74, 6) is 0.839. The Labute approximate surface area is 122 Å². The average Bonchev–Trinajstić information content (AvgIpc) is 2.40. The fourth-order valence-electron chi connectivity index (χ4n) is 1.66. The van der Waals surface area contributed by atoms with Crippen LogP contribution in [0.2, 0.25) is 6.04 Å². The van der Waals surface area contributed by atoms with Gasteiger partial charge in [-0.3, -0.25) is 0 Å². The zero-order valence-corrected chi connectivity index (χ0v) is 14.1. The fraction of sp³-hybridized carbons (Fsp3) is 0.571. The van der Waals surface area contributed by atoms with Crippen molar-refractivity contribution < 1.29 is 4.74 Å². The van der Waals surface area contributed by atoms with Crippen LogP contribution in [0.15, 0.2) is 30.3 Å². The number of benzene rings is 1. The van der Waals surface area contributed by atoms with Crippen LogP contribution in [0.1, 0.15) is 25.3 Å². The van der Waals surface area contributed by atoms with Crippen LogP contribution in [0.5, 0.6) is 0 Å². The van der Waals surface area contributed by atoms with E-state index in [4.69, 9.17) is 16.3 Å². The standard InChI is InChI=1S/C14H23ClOSSi/c1-13(17-18-11-9-15)6-5-10-16-12-14-7-3-2-4-8-14/h2-4,7-8,13H,5-6,9-12,18H2,1H3. The van der Waals surface area contributed by atoms with Crippen LogP contribution in [0.25, 0.3) is 0 Å². The van der Waals surface area contributed by atoms with Gasteiger partial charge in [-0.05, 0) is 29.7 Å². The van der Waals surface area contributed by atoms with Crippen LogP contribution in [0.3, 0.4) is 0 Å². The minimum Gasteiger partial charge on any atom is -0.377 e. The third-order valence-electron chi connectivity index (χ3n) is 2.69. The van der Waals surface area contributed by atoms with E-state index in [9.17, 15) is 0 Å². The van der Waals surface area contributed by atoms with Gasteiger partial charge in [0.05, 0.1) is 15.3 Å². The zero-order chi connectivity index (χ0) is 13.1. The van der Waals surface area contributed by atoms with E-state index in [0.29, 0.717) is 0 Å². The number of hydrogen-bond donors (Lipinski definition) is 0. The van der Waals surface area contributed by atoms with Gasteiger partial charge in [0.25, 0.3) is 0 Å². The highest BCUT2D eigenvalue weighted by Crippen LogP contribution is 2.15. The summed E-state index contributed by atoms with van der Waals surface area (Å²) >= 11 is 7.84. The smallest absolute Gasteiger partial charge is 0.0869 e. The van der Waals surface area contributed by atoms with Crippen molar-refractivity contribution in [3.05, 3.63) is 35.9 Å². The van der Waals surface area contributed by atoms with Gasteiger partial charge < -0.3 is 4.74 Å². The van der Waals surface area contributed by atoms with Gasteiger partial charge in [-0.1, -0.05) is 37.3 Å². The molecule has 1 nitrogen and oxygen atoms in total. The Morgan fingerprint density at radius 1 is 1.33 bits per heavy atom. The van der Waals surface area contributed by atoms with Crippen LogP contribution in [-0.2, 0) is 11.3 Å². The van der Waals surface area contributed by atoms with Gasteiger partial charge in [0.1, 0.15) is 0 Å². The Morgan fingerprint density at radius 2 is 2.11 bits per heavy atom. The maximum Gasteiger partial charge on any atom is 0.0869 e. The summed E-state index contributed by atoms with van der Waals surface area (Å²) in [7, 11) is 0.0265. The lowest BCUT2D eigenvalue weighted by molar-refractivity contribution is 0.117. The Bertz CT molecular complexity index is 297. The van der Waals surface area contributed by atoms with E-state index in [1.807, 2.05) is 6.07 Å². The molecule has 0 radical (unpaired) electrons. The van der Waals surface area contributed by atoms with Gasteiger partial charge in [0.15, 0.2) is 0 Å². The van der Waals surface area contributed by atoms with Gasteiger partial charge in [0, 0.05) is 12.5 Å².